The summed E-state index contributed by atoms with van der Waals surface area (Å²) in [7, 11) is 2.13. The summed E-state index contributed by atoms with van der Waals surface area (Å²) in [5.74, 6) is 0.0334. The van der Waals surface area contributed by atoms with E-state index in [-0.39, 0.29) is 11.7 Å². The number of aromatic nitrogens is 1. The number of H-pyrrole nitrogens is 1. The average Bonchev–Trinajstić information content (AvgIpc) is 3.04. The molecule has 1 aliphatic rings. The third kappa shape index (κ3) is 3.77. The first-order chi connectivity index (χ1) is 12.9. The molecule has 0 bridgehead atoms. The zero-order valence-electron chi connectivity index (χ0n) is 16.7. The van der Waals surface area contributed by atoms with E-state index in [9.17, 15) is 9.59 Å². The smallest absolute Gasteiger partial charge is 0.270 e. The molecule has 1 aliphatic heterocycles. The van der Waals surface area contributed by atoms with Crippen molar-refractivity contribution in [3.05, 3.63) is 52.8 Å². The van der Waals surface area contributed by atoms with Crippen LogP contribution in [0.2, 0.25) is 0 Å². The number of aryl methyl sites for hydroxylation is 1. The zero-order chi connectivity index (χ0) is 19.6. The van der Waals surface area contributed by atoms with E-state index in [4.69, 9.17) is 0 Å². The van der Waals surface area contributed by atoms with Crippen molar-refractivity contribution in [2.24, 2.45) is 0 Å². The molecule has 144 valence electrons. The van der Waals surface area contributed by atoms with Gasteiger partial charge in [0.2, 0.25) is 0 Å². The summed E-state index contributed by atoms with van der Waals surface area (Å²) < 4.78 is 0. The van der Waals surface area contributed by atoms with Gasteiger partial charge in [-0.1, -0.05) is 25.1 Å². The lowest BCUT2D eigenvalue weighted by Crippen LogP contribution is -2.46. The molecule has 0 spiro atoms. The van der Waals surface area contributed by atoms with Crippen LogP contribution in [0.25, 0.3) is 0 Å². The summed E-state index contributed by atoms with van der Waals surface area (Å²) in [6, 6.07) is 10.8. The maximum atomic E-state index is 13.1. The second-order valence-electron chi connectivity index (χ2n) is 7.36. The van der Waals surface area contributed by atoms with Gasteiger partial charge in [0.25, 0.3) is 5.91 Å². The average molecular weight is 367 g/mol. The number of hydrogen-bond acceptors (Lipinski definition) is 3. The molecule has 1 fully saturated rings. The van der Waals surface area contributed by atoms with Gasteiger partial charge in [-0.05, 0) is 50.8 Å². The molecule has 0 radical (unpaired) electrons. The van der Waals surface area contributed by atoms with Crippen molar-refractivity contribution >= 4 is 17.4 Å². The number of aromatic amines is 1. The number of benzene rings is 1. The van der Waals surface area contributed by atoms with Crippen LogP contribution in [0.5, 0.6) is 0 Å². The van der Waals surface area contributed by atoms with Gasteiger partial charge in [0, 0.05) is 43.1 Å². The Morgan fingerprint density at radius 1 is 1.19 bits per heavy atom. The first kappa shape index (κ1) is 19.2. The zero-order valence-corrected chi connectivity index (χ0v) is 16.7. The number of ketones is 1. The lowest BCUT2D eigenvalue weighted by Gasteiger charge is -2.37. The van der Waals surface area contributed by atoms with Gasteiger partial charge in [0.1, 0.15) is 5.69 Å². The molecule has 1 aromatic heterocycles. The summed E-state index contributed by atoms with van der Waals surface area (Å²) in [4.78, 5) is 32.5. The van der Waals surface area contributed by atoms with Gasteiger partial charge in [-0.15, -0.1) is 0 Å². The Bertz CT molecular complexity index is 818. The van der Waals surface area contributed by atoms with Crippen molar-refractivity contribution in [1.82, 2.24) is 9.88 Å². The van der Waals surface area contributed by atoms with Crippen LogP contribution in [0.3, 0.4) is 0 Å². The van der Waals surface area contributed by atoms with E-state index in [1.54, 1.807) is 6.92 Å². The number of piperidine rings is 1. The quantitative estimate of drug-likeness (QED) is 0.817. The summed E-state index contributed by atoms with van der Waals surface area (Å²) in [5.41, 5.74) is 4.13. The fourth-order valence-electron chi connectivity index (χ4n) is 4.18. The Labute approximate surface area is 161 Å². The van der Waals surface area contributed by atoms with Crippen LogP contribution in [-0.4, -0.2) is 47.8 Å². The van der Waals surface area contributed by atoms with Crippen LogP contribution < -0.4 is 4.90 Å². The highest BCUT2D eigenvalue weighted by Crippen LogP contribution is 2.25. The van der Waals surface area contributed by atoms with Gasteiger partial charge in [-0.2, -0.15) is 0 Å². The predicted molar refractivity (Wildman–Crippen MR) is 109 cm³/mol. The van der Waals surface area contributed by atoms with Crippen LogP contribution in [0.15, 0.2) is 30.3 Å². The Balaban J connectivity index is 1.71. The number of amides is 1. The summed E-state index contributed by atoms with van der Waals surface area (Å²) in [6.45, 7) is 6.89. The number of nitrogens with zero attached hydrogens (tertiary/aromatic N) is 2. The van der Waals surface area contributed by atoms with Gasteiger partial charge in [-0.25, -0.2) is 0 Å². The molecule has 1 aromatic carbocycles. The molecule has 5 nitrogen and oxygen atoms in total. The minimum absolute atomic E-state index is 0.0165. The van der Waals surface area contributed by atoms with Crippen molar-refractivity contribution in [2.75, 3.05) is 25.0 Å². The van der Waals surface area contributed by atoms with Crippen LogP contribution >= 0.6 is 0 Å². The number of nitrogens with one attached hydrogen (secondary N) is 1. The predicted octanol–water partition coefficient (Wildman–Crippen LogP) is 3.83. The maximum absolute atomic E-state index is 13.1. The monoisotopic (exact) mass is 367 g/mol. The molecular formula is C22H29N3O2. The summed E-state index contributed by atoms with van der Waals surface area (Å²) >= 11 is 0. The summed E-state index contributed by atoms with van der Waals surface area (Å²) in [6.07, 6.45) is 2.56. The first-order valence-electron chi connectivity index (χ1n) is 9.73. The normalized spacial score (nSPS) is 15.0. The molecule has 0 saturated carbocycles. The number of Topliss-reactive ketones (excluding diaryl/α,β-unsaturated/α-hetero) is 1. The van der Waals surface area contributed by atoms with Crippen molar-refractivity contribution in [3.63, 3.8) is 0 Å². The molecule has 2 aromatic rings. The molecule has 27 heavy (non-hydrogen) atoms. The fourth-order valence-corrected chi connectivity index (χ4v) is 4.18. The second kappa shape index (κ2) is 7.99. The fraction of sp³-hybridized carbons (Fsp3) is 0.455. The van der Waals surface area contributed by atoms with E-state index < -0.39 is 0 Å². The van der Waals surface area contributed by atoms with Crippen LogP contribution in [0.1, 0.15) is 58.8 Å². The molecule has 0 atom stereocenters. The van der Waals surface area contributed by atoms with Crippen LogP contribution in [-0.2, 0) is 6.42 Å². The topological polar surface area (TPSA) is 56.4 Å². The molecule has 0 unspecified atom stereocenters. The van der Waals surface area contributed by atoms with Crippen molar-refractivity contribution in [2.45, 2.75) is 46.1 Å². The molecule has 2 heterocycles. The molecule has 3 rings (SSSR count). The molecular weight excluding hydrogens is 338 g/mol. The first-order valence-corrected chi connectivity index (χ1v) is 9.73. The van der Waals surface area contributed by atoms with Gasteiger partial charge in [-0.3, -0.25) is 9.59 Å². The minimum Gasteiger partial charge on any atom is -0.371 e. The van der Waals surface area contributed by atoms with E-state index in [0.29, 0.717) is 23.7 Å². The summed E-state index contributed by atoms with van der Waals surface area (Å²) in [5, 5.41) is 0. The van der Waals surface area contributed by atoms with Crippen molar-refractivity contribution < 1.29 is 9.59 Å². The molecule has 1 amide bonds. The van der Waals surface area contributed by atoms with E-state index in [0.717, 1.165) is 37.2 Å². The van der Waals surface area contributed by atoms with Crippen molar-refractivity contribution in [3.8, 4) is 0 Å². The third-order valence-electron chi connectivity index (χ3n) is 5.67. The highest BCUT2D eigenvalue weighted by molar-refractivity contribution is 6.02. The maximum Gasteiger partial charge on any atom is 0.270 e. The molecule has 1 N–H and O–H groups in total. The third-order valence-corrected chi connectivity index (χ3v) is 5.67. The number of likely N-dealkylation sites (tertiary alicyclic amines) is 1. The second-order valence-corrected chi connectivity index (χ2v) is 7.36. The Morgan fingerprint density at radius 2 is 1.81 bits per heavy atom. The van der Waals surface area contributed by atoms with Gasteiger partial charge in [0.15, 0.2) is 5.78 Å². The standard InChI is InChI=1S/C22H29N3O2/c1-5-19-20(16(3)26)15(2)23-21(19)22(27)25-13-11-18(12-14-25)24(4)17-9-7-6-8-10-17/h6-10,18,23H,5,11-14H2,1-4H3. The number of anilines is 1. The van der Waals surface area contributed by atoms with Crippen LogP contribution in [0, 0.1) is 6.92 Å². The number of hydrogen-bond donors (Lipinski definition) is 1. The number of para-hydroxylation sites is 1. The van der Waals surface area contributed by atoms with Crippen molar-refractivity contribution in [1.29, 1.82) is 0 Å². The van der Waals surface area contributed by atoms with E-state index in [1.165, 1.54) is 5.69 Å². The largest absolute Gasteiger partial charge is 0.371 e. The highest BCUT2D eigenvalue weighted by atomic mass is 16.2. The number of carbonyl (C=O) groups excluding carboxylic acids is 2. The minimum atomic E-state index is 0.0165. The Hall–Kier alpha value is -2.56. The highest BCUT2D eigenvalue weighted by Gasteiger charge is 2.29. The van der Waals surface area contributed by atoms with E-state index in [1.807, 2.05) is 24.8 Å². The van der Waals surface area contributed by atoms with E-state index >= 15 is 0 Å². The Kier molecular flexibility index (Phi) is 5.68. The van der Waals surface area contributed by atoms with Gasteiger partial charge in [0.05, 0.1) is 0 Å². The lowest BCUT2D eigenvalue weighted by molar-refractivity contribution is 0.0707. The van der Waals surface area contributed by atoms with Gasteiger partial charge >= 0.3 is 0 Å². The lowest BCUT2D eigenvalue weighted by atomic mass is 10.0. The molecule has 1 saturated heterocycles. The SMILES string of the molecule is CCc1c(C(=O)N2CCC(N(C)c3ccccc3)CC2)[nH]c(C)c1C(C)=O. The molecule has 5 heteroatoms. The van der Waals surface area contributed by atoms with Gasteiger partial charge < -0.3 is 14.8 Å². The number of rotatable bonds is 5. The Morgan fingerprint density at radius 3 is 2.37 bits per heavy atom. The number of carbonyl (C=O) groups is 2. The molecule has 0 aliphatic carbocycles. The van der Waals surface area contributed by atoms with E-state index in [2.05, 4.69) is 41.2 Å². The van der Waals surface area contributed by atoms with Crippen LogP contribution in [0.4, 0.5) is 5.69 Å².